The van der Waals surface area contributed by atoms with Crippen molar-refractivity contribution in [3.63, 3.8) is 0 Å². The summed E-state index contributed by atoms with van der Waals surface area (Å²) >= 11 is 13.3. The molecule has 2 aromatic heterocycles. The number of thiocarbonyl (C=S) groups is 1. The SMILES string of the molecule is Cc1cccc(N2C(=S)N[C@H](c3ccccn3)[C@@H]2c2ccc(Sc3ccc(Cl)cc3)o2)c1. The van der Waals surface area contributed by atoms with Crippen molar-refractivity contribution in [2.24, 2.45) is 0 Å². The number of aromatic nitrogens is 1. The molecule has 0 aliphatic carbocycles. The Hall–Kier alpha value is -2.80. The highest BCUT2D eigenvalue weighted by Gasteiger charge is 2.42. The Balaban J connectivity index is 1.53. The van der Waals surface area contributed by atoms with Crippen LogP contribution >= 0.6 is 35.6 Å². The van der Waals surface area contributed by atoms with Crippen molar-refractivity contribution >= 4 is 46.4 Å². The summed E-state index contributed by atoms with van der Waals surface area (Å²) in [5.41, 5.74) is 3.11. The maximum absolute atomic E-state index is 6.34. The normalized spacial score (nSPS) is 18.1. The van der Waals surface area contributed by atoms with Gasteiger partial charge in [-0.25, -0.2) is 0 Å². The first-order valence-corrected chi connectivity index (χ1v) is 11.8. The fourth-order valence-electron chi connectivity index (χ4n) is 3.87. The van der Waals surface area contributed by atoms with Crippen LogP contribution in [0.3, 0.4) is 0 Å². The maximum Gasteiger partial charge on any atom is 0.174 e. The van der Waals surface area contributed by atoms with E-state index in [-0.39, 0.29) is 12.1 Å². The highest BCUT2D eigenvalue weighted by molar-refractivity contribution is 7.99. The van der Waals surface area contributed by atoms with Crippen molar-refractivity contribution < 1.29 is 4.42 Å². The van der Waals surface area contributed by atoms with E-state index in [2.05, 4.69) is 40.3 Å². The van der Waals surface area contributed by atoms with E-state index in [0.29, 0.717) is 10.1 Å². The standard InChI is InChI=1S/C25H20ClN3OS2/c1-16-5-4-6-18(15-16)29-24(23(28-25(29)31)20-7-2-3-14-27-20)21-12-13-22(30-21)32-19-10-8-17(26)9-11-19/h2-15,23-24H,1H3,(H,28,31)/t23-,24+/m1/s1. The van der Waals surface area contributed by atoms with E-state index in [4.69, 9.17) is 28.2 Å². The Morgan fingerprint density at radius 3 is 2.62 bits per heavy atom. The number of anilines is 1. The summed E-state index contributed by atoms with van der Waals surface area (Å²) in [5.74, 6) is 0.825. The van der Waals surface area contributed by atoms with Crippen LogP contribution < -0.4 is 10.2 Å². The molecule has 4 nitrogen and oxygen atoms in total. The van der Waals surface area contributed by atoms with Gasteiger partial charge in [0.05, 0.1) is 11.7 Å². The molecule has 1 aliphatic heterocycles. The zero-order valence-corrected chi connectivity index (χ0v) is 19.6. The molecule has 2 atom stereocenters. The molecule has 0 bridgehead atoms. The summed E-state index contributed by atoms with van der Waals surface area (Å²) in [4.78, 5) is 7.78. The van der Waals surface area contributed by atoms with Gasteiger partial charge in [-0.3, -0.25) is 4.98 Å². The summed E-state index contributed by atoms with van der Waals surface area (Å²) in [7, 11) is 0. The number of nitrogens with one attached hydrogen (secondary N) is 1. The van der Waals surface area contributed by atoms with E-state index < -0.39 is 0 Å². The van der Waals surface area contributed by atoms with Crippen molar-refractivity contribution in [3.8, 4) is 0 Å². The molecular formula is C25H20ClN3OS2. The lowest BCUT2D eigenvalue weighted by Crippen LogP contribution is -2.29. The number of hydrogen-bond acceptors (Lipinski definition) is 4. The van der Waals surface area contributed by atoms with E-state index >= 15 is 0 Å². The Kier molecular flexibility index (Phi) is 5.91. The fourth-order valence-corrected chi connectivity index (χ4v) is 5.12. The maximum atomic E-state index is 6.34. The van der Waals surface area contributed by atoms with E-state index in [9.17, 15) is 0 Å². The second-order valence-corrected chi connectivity index (χ2v) is 9.45. The zero-order chi connectivity index (χ0) is 22.1. The average Bonchev–Trinajstić information content (AvgIpc) is 3.40. The van der Waals surface area contributed by atoms with E-state index in [1.165, 1.54) is 5.56 Å². The molecule has 7 heteroatoms. The van der Waals surface area contributed by atoms with Gasteiger partial charge in [0.25, 0.3) is 0 Å². The van der Waals surface area contributed by atoms with Crippen LogP contribution in [-0.4, -0.2) is 10.1 Å². The second-order valence-electron chi connectivity index (χ2n) is 7.55. The first kappa shape index (κ1) is 21.1. The number of aryl methyl sites for hydroxylation is 1. The molecule has 3 heterocycles. The van der Waals surface area contributed by atoms with Crippen LogP contribution in [0.2, 0.25) is 5.02 Å². The third-order valence-electron chi connectivity index (χ3n) is 5.30. The van der Waals surface area contributed by atoms with Crippen LogP contribution in [-0.2, 0) is 0 Å². The molecular weight excluding hydrogens is 458 g/mol. The predicted molar refractivity (Wildman–Crippen MR) is 133 cm³/mol. The topological polar surface area (TPSA) is 41.3 Å². The molecule has 0 saturated carbocycles. The molecule has 1 N–H and O–H groups in total. The number of furan rings is 1. The molecule has 1 saturated heterocycles. The largest absolute Gasteiger partial charge is 0.452 e. The summed E-state index contributed by atoms with van der Waals surface area (Å²) in [6, 6.07) is 25.7. The Bertz CT molecular complexity index is 1240. The van der Waals surface area contributed by atoms with Crippen molar-refractivity contribution in [2.45, 2.75) is 29.0 Å². The molecule has 0 radical (unpaired) electrons. The van der Waals surface area contributed by atoms with Crippen molar-refractivity contribution in [2.75, 3.05) is 4.90 Å². The van der Waals surface area contributed by atoms with Gasteiger partial charge in [0.2, 0.25) is 0 Å². The monoisotopic (exact) mass is 477 g/mol. The van der Waals surface area contributed by atoms with E-state index in [1.54, 1.807) is 18.0 Å². The first-order valence-electron chi connectivity index (χ1n) is 10.2. The fraction of sp³-hybridized carbons (Fsp3) is 0.120. The molecule has 0 unspecified atom stereocenters. The number of hydrogen-bond donors (Lipinski definition) is 1. The zero-order valence-electron chi connectivity index (χ0n) is 17.2. The third kappa shape index (κ3) is 4.26. The summed E-state index contributed by atoms with van der Waals surface area (Å²) in [6.45, 7) is 2.08. The van der Waals surface area contributed by atoms with Crippen molar-refractivity contribution in [1.29, 1.82) is 0 Å². The minimum atomic E-state index is -0.168. The quantitative estimate of drug-likeness (QED) is 0.313. The molecule has 0 spiro atoms. The minimum absolute atomic E-state index is 0.135. The van der Waals surface area contributed by atoms with Crippen LogP contribution in [0.15, 0.2) is 99.5 Å². The van der Waals surface area contributed by atoms with Crippen LogP contribution in [0.1, 0.15) is 29.1 Å². The summed E-state index contributed by atoms with van der Waals surface area (Å²) < 4.78 is 6.34. The summed E-state index contributed by atoms with van der Waals surface area (Å²) in [6.07, 6.45) is 1.80. The number of nitrogens with zero attached hydrogens (tertiary/aromatic N) is 2. The third-order valence-corrected chi connectivity index (χ3v) is 6.80. The van der Waals surface area contributed by atoms with Crippen molar-refractivity contribution in [3.05, 3.63) is 107 Å². The predicted octanol–water partition coefficient (Wildman–Crippen LogP) is 6.96. The first-order chi connectivity index (χ1) is 15.6. The smallest absolute Gasteiger partial charge is 0.174 e. The Labute approximate surface area is 201 Å². The highest BCUT2D eigenvalue weighted by atomic mass is 35.5. The van der Waals surface area contributed by atoms with Gasteiger partial charge in [0.15, 0.2) is 10.2 Å². The van der Waals surface area contributed by atoms with Gasteiger partial charge in [0, 0.05) is 21.8 Å². The molecule has 5 rings (SSSR count). The number of halogens is 1. The van der Waals surface area contributed by atoms with Gasteiger partial charge in [-0.15, -0.1) is 0 Å². The average molecular weight is 478 g/mol. The van der Waals surface area contributed by atoms with Gasteiger partial charge < -0.3 is 14.6 Å². The lowest BCUT2D eigenvalue weighted by atomic mass is 10.0. The lowest BCUT2D eigenvalue weighted by molar-refractivity contribution is 0.383. The Morgan fingerprint density at radius 1 is 1.03 bits per heavy atom. The van der Waals surface area contributed by atoms with Crippen LogP contribution in [0.4, 0.5) is 5.69 Å². The number of pyridine rings is 1. The molecule has 1 fully saturated rings. The number of benzene rings is 2. The van der Waals surface area contributed by atoms with Crippen LogP contribution in [0, 0.1) is 6.92 Å². The lowest BCUT2D eigenvalue weighted by Gasteiger charge is -2.26. The number of rotatable bonds is 5. The molecule has 4 aromatic rings. The van der Waals surface area contributed by atoms with E-state index in [1.807, 2.05) is 60.7 Å². The van der Waals surface area contributed by atoms with Gasteiger partial charge >= 0.3 is 0 Å². The highest BCUT2D eigenvalue weighted by Crippen LogP contribution is 2.43. The molecule has 160 valence electrons. The molecule has 2 aromatic carbocycles. The van der Waals surface area contributed by atoms with Gasteiger partial charge in [-0.2, -0.15) is 0 Å². The second kappa shape index (κ2) is 8.98. The summed E-state index contributed by atoms with van der Waals surface area (Å²) in [5, 5.41) is 5.64. The molecule has 1 aliphatic rings. The van der Waals surface area contributed by atoms with Crippen molar-refractivity contribution in [1.82, 2.24) is 10.3 Å². The van der Waals surface area contributed by atoms with E-state index in [0.717, 1.165) is 27.1 Å². The van der Waals surface area contributed by atoms with Crippen LogP contribution in [0.25, 0.3) is 0 Å². The molecule has 32 heavy (non-hydrogen) atoms. The molecule has 0 amide bonds. The van der Waals surface area contributed by atoms with Crippen LogP contribution in [0.5, 0.6) is 0 Å². The van der Waals surface area contributed by atoms with Gasteiger partial charge in [0.1, 0.15) is 11.8 Å². The minimum Gasteiger partial charge on any atom is -0.452 e. The Morgan fingerprint density at radius 2 is 1.88 bits per heavy atom. The van der Waals surface area contributed by atoms with Gasteiger partial charge in [-0.1, -0.05) is 41.6 Å². The van der Waals surface area contributed by atoms with Gasteiger partial charge in [-0.05, 0) is 85.4 Å².